The maximum atomic E-state index is 12.2. The van der Waals surface area contributed by atoms with Gasteiger partial charge in [-0.3, -0.25) is 8.98 Å². The molecule has 1 unspecified atom stereocenters. The second-order valence-electron chi connectivity index (χ2n) is 5.09. The van der Waals surface area contributed by atoms with Crippen LogP contribution in [0.25, 0.3) is 0 Å². The van der Waals surface area contributed by atoms with Crippen molar-refractivity contribution in [3.05, 3.63) is 29.8 Å². The molecular formula is C14H19NO4S. The molecule has 1 fully saturated rings. The van der Waals surface area contributed by atoms with E-state index in [1.807, 2.05) is 6.92 Å². The topological polar surface area (TPSA) is 63.7 Å². The Labute approximate surface area is 119 Å². The molecule has 20 heavy (non-hydrogen) atoms. The average molecular weight is 297 g/mol. The first-order valence-electron chi connectivity index (χ1n) is 6.64. The van der Waals surface area contributed by atoms with Crippen LogP contribution in [0, 0.1) is 6.92 Å². The quantitative estimate of drug-likeness (QED) is 0.797. The first-order chi connectivity index (χ1) is 9.38. The van der Waals surface area contributed by atoms with Crippen molar-refractivity contribution in [2.45, 2.75) is 37.7 Å². The molecule has 0 N–H and O–H groups in total. The molecule has 0 bridgehead atoms. The molecule has 0 spiro atoms. The Morgan fingerprint density at radius 2 is 1.95 bits per heavy atom. The van der Waals surface area contributed by atoms with Crippen molar-refractivity contribution < 1.29 is 17.4 Å². The molecule has 0 aromatic heterocycles. The standard InChI is InChI=1S/C14H19NO4S/c1-11-5-7-14(8-6-11)20(17,18)19-13-4-3-9-15(10-13)12(2)16/h5-8,13H,3-4,9-10H2,1-2H3. The zero-order valence-corrected chi connectivity index (χ0v) is 12.5. The predicted octanol–water partition coefficient (Wildman–Crippen LogP) is 1.71. The summed E-state index contributed by atoms with van der Waals surface area (Å²) in [6.45, 7) is 4.38. The smallest absolute Gasteiger partial charge is 0.297 e. The number of benzene rings is 1. The van der Waals surface area contributed by atoms with Gasteiger partial charge >= 0.3 is 0 Å². The Bertz CT molecular complexity index is 580. The number of carbonyl (C=O) groups is 1. The van der Waals surface area contributed by atoms with Crippen LogP contribution in [0.1, 0.15) is 25.3 Å². The minimum Gasteiger partial charge on any atom is -0.340 e. The van der Waals surface area contributed by atoms with Crippen LogP contribution < -0.4 is 0 Å². The molecule has 0 radical (unpaired) electrons. The van der Waals surface area contributed by atoms with Gasteiger partial charge in [-0.2, -0.15) is 8.42 Å². The molecule has 110 valence electrons. The summed E-state index contributed by atoms with van der Waals surface area (Å²) in [5.74, 6) is -0.0500. The van der Waals surface area contributed by atoms with E-state index in [0.717, 1.165) is 12.0 Å². The Morgan fingerprint density at radius 1 is 1.30 bits per heavy atom. The van der Waals surface area contributed by atoms with Gasteiger partial charge < -0.3 is 4.90 Å². The molecule has 5 nitrogen and oxygen atoms in total. The molecule has 0 aliphatic carbocycles. The number of piperidine rings is 1. The van der Waals surface area contributed by atoms with Crippen molar-refractivity contribution >= 4 is 16.0 Å². The molecule has 1 aromatic rings. The summed E-state index contributed by atoms with van der Waals surface area (Å²) in [6.07, 6.45) is 0.946. The molecule has 1 heterocycles. The number of aryl methyl sites for hydroxylation is 1. The molecule has 1 aliphatic rings. The van der Waals surface area contributed by atoms with Crippen LogP contribution in [0.15, 0.2) is 29.2 Å². The van der Waals surface area contributed by atoms with E-state index >= 15 is 0 Å². The molecule has 1 amide bonds. The summed E-state index contributed by atoms with van der Waals surface area (Å²) >= 11 is 0. The Morgan fingerprint density at radius 3 is 2.55 bits per heavy atom. The van der Waals surface area contributed by atoms with Crippen molar-refractivity contribution in [1.82, 2.24) is 4.90 Å². The number of amides is 1. The first kappa shape index (κ1) is 15.0. The van der Waals surface area contributed by atoms with Crippen LogP contribution in [0.3, 0.4) is 0 Å². The first-order valence-corrected chi connectivity index (χ1v) is 8.05. The normalized spacial score (nSPS) is 19.9. The number of rotatable bonds is 3. The SMILES string of the molecule is CC(=O)N1CCCC(OS(=O)(=O)c2ccc(C)cc2)C1. The van der Waals surface area contributed by atoms with E-state index in [0.29, 0.717) is 19.5 Å². The van der Waals surface area contributed by atoms with Crippen LogP contribution in [-0.4, -0.2) is 38.4 Å². The monoisotopic (exact) mass is 297 g/mol. The van der Waals surface area contributed by atoms with E-state index in [-0.39, 0.29) is 10.8 Å². The summed E-state index contributed by atoms with van der Waals surface area (Å²) in [5.41, 5.74) is 0.990. The van der Waals surface area contributed by atoms with Gasteiger partial charge in [-0.25, -0.2) is 0 Å². The number of hydrogen-bond donors (Lipinski definition) is 0. The third-order valence-electron chi connectivity index (χ3n) is 3.40. The van der Waals surface area contributed by atoms with E-state index in [1.54, 1.807) is 17.0 Å². The summed E-state index contributed by atoms with van der Waals surface area (Å²) in [6, 6.07) is 6.55. The lowest BCUT2D eigenvalue weighted by atomic mass is 10.1. The van der Waals surface area contributed by atoms with Gasteiger partial charge in [-0.05, 0) is 31.9 Å². The van der Waals surface area contributed by atoms with Crippen LogP contribution >= 0.6 is 0 Å². The van der Waals surface area contributed by atoms with E-state index in [9.17, 15) is 13.2 Å². The van der Waals surface area contributed by atoms with Gasteiger partial charge in [-0.15, -0.1) is 0 Å². The van der Waals surface area contributed by atoms with Crippen LogP contribution in [0.5, 0.6) is 0 Å². The van der Waals surface area contributed by atoms with Crippen LogP contribution in [0.2, 0.25) is 0 Å². The van der Waals surface area contributed by atoms with Gasteiger partial charge in [0.15, 0.2) is 0 Å². The summed E-state index contributed by atoms with van der Waals surface area (Å²) in [7, 11) is -3.76. The van der Waals surface area contributed by atoms with Gasteiger partial charge in [0, 0.05) is 20.0 Å². The lowest BCUT2D eigenvalue weighted by molar-refractivity contribution is -0.131. The zero-order chi connectivity index (χ0) is 14.8. The maximum Gasteiger partial charge on any atom is 0.297 e. The van der Waals surface area contributed by atoms with Gasteiger partial charge in [0.05, 0.1) is 11.0 Å². The van der Waals surface area contributed by atoms with Crippen LogP contribution in [0.4, 0.5) is 0 Å². The summed E-state index contributed by atoms with van der Waals surface area (Å²) in [4.78, 5) is 13.1. The van der Waals surface area contributed by atoms with Crippen molar-refractivity contribution in [3.63, 3.8) is 0 Å². The Kier molecular flexibility index (Phi) is 4.45. The third-order valence-corrected chi connectivity index (χ3v) is 4.77. The summed E-state index contributed by atoms with van der Waals surface area (Å²) in [5, 5.41) is 0. The van der Waals surface area contributed by atoms with E-state index in [4.69, 9.17) is 4.18 Å². The van der Waals surface area contributed by atoms with E-state index in [1.165, 1.54) is 19.1 Å². The minimum atomic E-state index is -3.76. The highest BCUT2D eigenvalue weighted by Crippen LogP contribution is 2.20. The summed E-state index contributed by atoms with van der Waals surface area (Å²) < 4.78 is 29.6. The number of carbonyl (C=O) groups excluding carboxylic acids is 1. The molecular weight excluding hydrogens is 278 g/mol. The second-order valence-corrected chi connectivity index (χ2v) is 6.66. The highest BCUT2D eigenvalue weighted by atomic mass is 32.2. The molecule has 1 aromatic carbocycles. The van der Waals surface area contributed by atoms with Gasteiger partial charge in [0.1, 0.15) is 0 Å². The lowest BCUT2D eigenvalue weighted by Crippen LogP contribution is -2.42. The fourth-order valence-corrected chi connectivity index (χ4v) is 3.34. The lowest BCUT2D eigenvalue weighted by Gasteiger charge is -2.31. The fourth-order valence-electron chi connectivity index (χ4n) is 2.24. The van der Waals surface area contributed by atoms with Crippen LogP contribution in [-0.2, 0) is 19.1 Å². The molecule has 2 rings (SSSR count). The minimum absolute atomic E-state index is 0.0500. The van der Waals surface area contributed by atoms with Crippen molar-refractivity contribution in [2.24, 2.45) is 0 Å². The Hall–Kier alpha value is -1.40. The molecule has 1 saturated heterocycles. The highest BCUT2D eigenvalue weighted by molar-refractivity contribution is 7.86. The van der Waals surface area contributed by atoms with Gasteiger partial charge in [-0.1, -0.05) is 17.7 Å². The molecule has 6 heteroatoms. The Balaban J connectivity index is 2.08. The van der Waals surface area contributed by atoms with Crippen molar-refractivity contribution in [2.75, 3.05) is 13.1 Å². The second kappa shape index (κ2) is 5.93. The maximum absolute atomic E-state index is 12.2. The van der Waals surface area contributed by atoms with Gasteiger partial charge in [0.25, 0.3) is 10.1 Å². The van der Waals surface area contributed by atoms with Gasteiger partial charge in [0.2, 0.25) is 5.91 Å². The highest BCUT2D eigenvalue weighted by Gasteiger charge is 2.27. The zero-order valence-electron chi connectivity index (χ0n) is 11.7. The molecule has 1 atom stereocenters. The average Bonchev–Trinajstić information content (AvgIpc) is 2.39. The van der Waals surface area contributed by atoms with E-state index in [2.05, 4.69) is 0 Å². The number of hydrogen-bond acceptors (Lipinski definition) is 4. The number of likely N-dealkylation sites (tertiary alicyclic amines) is 1. The van der Waals surface area contributed by atoms with Crippen molar-refractivity contribution in [1.29, 1.82) is 0 Å². The molecule has 1 aliphatic heterocycles. The van der Waals surface area contributed by atoms with E-state index < -0.39 is 16.2 Å². The number of nitrogens with zero attached hydrogens (tertiary/aromatic N) is 1. The molecule has 0 saturated carbocycles. The fraction of sp³-hybridized carbons (Fsp3) is 0.500. The van der Waals surface area contributed by atoms with Crippen molar-refractivity contribution in [3.8, 4) is 0 Å². The largest absolute Gasteiger partial charge is 0.340 e. The predicted molar refractivity (Wildman–Crippen MR) is 74.7 cm³/mol. The third kappa shape index (κ3) is 3.58.